The number of rotatable bonds is 6. The molecule has 0 bridgehead atoms. The molecule has 0 aliphatic rings. The lowest BCUT2D eigenvalue weighted by Crippen LogP contribution is -2.26. The van der Waals surface area contributed by atoms with Gasteiger partial charge in [-0.05, 0) is 36.6 Å². The lowest BCUT2D eigenvalue weighted by Gasteiger charge is -2.14. The van der Waals surface area contributed by atoms with Crippen LogP contribution in [0.1, 0.15) is 37.4 Å². The third-order valence-corrected chi connectivity index (χ3v) is 4.96. The predicted molar refractivity (Wildman–Crippen MR) is 85.6 cm³/mol. The smallest absolute Gasteiger partial charge is 0.207 e. The van der Waals surface area contributed by atoms with Gasteiger partial charge in [-0.25, -0.2) is 13.1 Å². The van der Waals surface area contributed by atoms with Crippen molar-refractivity contribution in [1.29, 1.82) is 0 Å². The van der Waals surface area contributed by atoms with E-state index in [0.717, 1.165) is 24.0 Å². The fourth-order valence-electron chi connectivity index (χ4n) is 2.23. The largest absolute Gasteiger partial charge is 0.241 e. The highest BCUT2D eigenvalue weighted by atomic mass is 32.2. The van der Waals surface area contributed by atoms with Crippen LogP contribution >= 0.6 is 0 Å². The summed E-state index contributed by atoms with van der Waals surface area (Å²) < 4.78 is 27.5. The van der Waals surface area contributed by atoms with Crippen LogP contribution in [-0.4, -0.2) is 8.42 Å². The highest BCUT2D eigenvalue weighted by Crippen LogP contribution is 2.17. The average Bonchev–Trinajstić information content (AvgIpc) is 2.48. The second kappa shape index (κ2) is 6.87. The molecule has 1 atom stereocenters. The summed E-state index contributed by atoms with van der Waals surface area (Å²) in [6, 6.07) is 16.4. The molecule has 21 heavy (non-hydrogen) atoms. The molecule has 0 saturated carbocycles. The zero-order valence-electron chi connectivity index (χ0n) is 12.4. The van der Waals surface area contributed by atoms with Gasteiger partial charge in [-0.2, -0.15) is 0 Å². The quantitative estimate of drug-likeness (QED) is 0.885. The van der Waals surface area contributed by atoms with E-state index in [-0.39, 0.29) is 6.04 Å². The van der Waals surface area contributed by atoms with Crippen molar-refractivity contribution in [3.8, 4) is 0 Å². The highest BCUT2D eigenvalue weighted by Gasteiger charge is 2.17. The molecule has 0 heterocycles. The van der Waals surface area contributed by atoms with Gasteiger partial charge in [-0.3, -0.25) is 0 Å². The van der Waals surface area contributed by atoms with E-state index in [2.05, 4.69) is 11.6 Å². The average molecular weight is 303 g/mol. The molecule has 0 aromatic heterocycles. The second-order valence-corrected chi connectivity index (χ2v) is 6.86. The molecule has 3 nitrogen and oxygen atoms in total. The summed E-state index contributed by atoms with van der Waals surface area (Å²) in [5.74, 6) is 0. The summed E-state index contributed by atoms with van der Waals surface area (Å²) in [6.07, 6.45) is 2.02. The van der Waals surface area contributed by atoms with E-state index in [1.54, 1.807) is 12.1 Å². The summed E-state index contributed by atoms with van der Waals surface area (Å²) in [5, 5.41) is 0. The van der Waals surface area contributed by atoms with Gasteiger partial charge in [0, 0.05) is 6.04 Å². The first-order chi connectivity index (χ1) is 10.0. The second-order valence-electron chi connectivity index (χ2n) is 5.15. The van der Waals surface area contributed by atoms with Crippen LogP contribution in [0.4, 0.5) is 0 Å². The number of nitrogens with one attached hydrogen (secondary N) is 1. The van der Waals surface area contributed by atoms with Crippen molar-refractivity contribution in [3.63, 3.8) is 0 Å². The Morgan fingerprint density at radius 2 is 1.62 bits per heavy atom. The van der Waals surface area contributed by atoms with E-state index in [1.807, 2.05) is 49.4 Å². The number of hydrogen-bond acceptors (Lipinski definition) is 2. The van der Waals surface area contributed by atoms with Crippen molar-refractivity contribution in [3.05, 3.63) is 65.7 Å². The van der Waals surface area contributed by atoms with Crippen LogP contribution in [0.2, 0.25) is 0 Å². The lowest BCUT2D eigenvalue weighted by atomic mass is 10.1. The van der Waals surface area contributed by atoms with Gasteiger partial charge < -0.3 is 0 Å². The van der Waals surface area contributed by atoms with Crippen LogP contribution in [0.5, 0.6) is 0 Å². The van der Waals surface area contributed by atoms with E-state index < -0.39 is 10.0 Å². The molecule has 4 heteroatoms. The van der Waals surface area contributed by atoms with Crippen molar-refractivity contribution in [2.75, 3.05) is 0 Å². The predicted octanol–water partition coefficient (Wildman–Crippen LogP) is 3.68. The van der Waals surface area contributed by atoms with Crippen LogP contribution in [0.3, 0.4) is 0 Å². The molecule has 2 rings (SSSR count). The molecular formula is C17H21NO2S. The van der Waals surface area contributed by atoms with Gasteiger partial charge in [0.2, 0.25) is 10.0 Å². The first-order valence-corrected chi connectivity index (χ1v) is 8.67. The Balaban J connectivity index is 2.14. The van der Waals surface area contributed by atoms with Crippen molar-refractivity contribution in [2.24, 2.45) is 0 Å². The molecule has 0 aliphatic heterocycles. The summed E-state index contributed by atoms with van der Waals surface area (Å²) in [6.45, 7) is 3.95. The Kier molecular flexibility index (Phi) is 5.15. The van der Waals surface area contributed by atoms with Crippen molar-refractivity contribution >= 4 is 10.0 Å². The van der Waals surface area contributed by atoms with Crippen LogP contribution < -0.4 is 4.72 Å². The Morgan fingerprint density at radius 3 is 2.19 bits per heavy atom. The Bertz CT molecular complexity index is 664. The minimum Gasteiger partial charge on any atom is -0.207 e. The van der Waals surface area contributed by atoms with Crippen LogP contribution in [0.15, 0.2) is 59.5 Å². The summed E-state index contributed by atoms with van der Waals surface area (Å²) in [7, 11) is -3.49. The van der Waals surface area contributed by atoms with E-state index >= 15 is 0 Å². The van der Waals surface area contributed by atoms with Crippen molar-refractivity contribution in [1.82, 2.24) is 4.72 Å². The van der Waals surface area contributed by atoms with Gasteiger partial charge in [0.25, 0.3) is 0 Å². The van der Waals surface area contributed by atoms with Gasteiger partial charge in [-0.15, -0.1) is 0 Å². The van der Waals surface area contributed by atoms with Gasteiger partial charge in [0.05, 0.1) is 4.90 Å². The van der Waals surface area contributed by atoms with Crippen LogP contribution in [0.25, 0.3) is 0 Å². The fourth-order valence-corrected chi connectivity index (χ4v) is 3.47. The fraction of sp³-hybridized carbons (Fsp3) is 0.294. The van der Waals surface area contributed by atoms with E-state index in [4.69, 9.17) is 0 Å². The van der Waals surface area contributed by atoms with E-state index in [1.165, 1.54) is 0 Å². The Morgan fingerprint density at radius 1 is 1.00 bits per heavy atom. The lowest BCUT2D eigenvalue weighted by molar-refractivity contribution is 0.567. The van der Waals surface area contributed by atoms with Crippen molar-refractivity contribution in [2.45, 2.75) is 37.6 Å². The maximum Gasteiger partial charge on any atom is 0.241 e. The van der Waals surface area contributed by atoms with E-state index in [0.29, 0.717) is 4.90 Å². The number of hydrogen-bond donors (Lipinski definition) is 1. The topological polar surface area (TPSA) is 46.2 Å². The molecule has 0 spiro atoms. The van der Waals surface area contributed by atoms with E-state index in [9.17, 15) is 8.42 Å². The summed E-state index contributed by atoms with van der Waals surface area (Å²) in [5.41, 5.74) is 2.11. The number of aryl methyl sites for hydroxylation is 1. The van der Waals surface area contributed by atoms with Crippen molar-refractivity contribution < 1.29 is 8.42 Å². The molecule has 2 aromatic rings. The summed E-state index contributed by atoms with van der Waals surface area (Å²) >= 11 is 0. The van der Waals surface area contributed by atoms with Gasteiger partial charge in [-0.1, -0.05) is 55.8 Å². The minimum atomic E-state index is -3.49. The maximum atomic E-state index is 12.4. The highest BCUT2D eigenvalue weighted by molar-refractivity contribution is 7.89. The third-order valence-electron chi connectivity index (χ3n) is 3.40. The standard InChI is InChI=1S/C17H21NO2S/c1-3-7-15-10-12-17(13-11-15)21(19,20)18-14(2)16-8-5-4-6-9-16/h4-6,8-14,18H,3,7H2,1-2H3/t14-/m1/s1. The molecule has 1 N–H and O–H groups in total. The van der Waals surface area contributed by atoms with Crippen LogP contribution in [-0.2, 0) is 16.4 Å². The first-order valence-electron chi connectivity index (χ1n) is 7.19. The molecule has 0 radical (unpaired) electrons. The number of benzene rings is 2. The molecule has 112 valence electrons. The summed E-state index contributed by atoms with van der Waals surface area (Å²) in [4.78, 5) is 0.310. The molecule has 0 saturated heterocycles. The van der Waals surface area contributed by atoms with Gasteiger partial charge in [0.1, 0.15) is 0 Å². The monoisotopic (exact) mass is 303 g/mol. The number of sulfonamides is 1. The van der Waals surface area contributed by atoms with Gasteiger partial charge >= 0.3 is 0 Å². The molecule has 2 aromatic carbocycles. The SMILES string of the molecule is CCCc1ccc(S(=O)(=O)N[C@H](C)c2ccccc2)cc1. The Hall–Kier alpha value is -1.65. The molecule has 0 amide bonds. The molecular weight excluding hydrogens is 282 g/mol. The maximum absolute atomic E-state index is 12.4. The minimum absolute atomic E-state index is 0.258. The zero-order chi connectivity index (χ0) is 15.3. The third kappa shape index (κ3) is 4.16. The van der Waals surface area contributed by atoms with Crippen LogP contribution in [0, 0.1) is 0 Å². The molecule has 0 unspecified atom stereocenters. The normalized spacial score (nSPS) is 13.0. The zero-order valence-corrected chi connectivity index (χ0v) is 13.2. The molecule has 0 fully saturated rings. The molecule has 0 aliphatic carbocycles. The first kappa shape index (κ1) is 15.7. The van der Waals surface area contributed by atoms with Gasteiger partial charge in [0.15, 0.2) is 0 Å². The Labute approximate surface area is 127 Å².